The Labute approximate surface area is 101 Å². The molecule has 1 aliphatic rings. The number of rotatable bonds is 2. The highest BCUT2D eigenvalue weighted by molar-refractivity contribution is 7.71. The Morgan fingerprint density at radius 1 is 1.82 bits per heavy atom. The van der Waals surface area contributed by atoms with Gasteiger partial charge in [0.05, 0.1) is 12.3 Å². The van der Waals surface area contributed by atoms with Crippen LogP contribution in [-0.4, -0.2) is 45.7 Å². The lowest BCUT2D eigenvalue weighted by Gasteiger charge is -2.16. The Kier molecular flexibility index (Phi) is 3.09. The molecule has 1 aromatic rings. The molecule has 2 heterocycles. The monoisotopic (exact) mass is 258 g/mol. The quantitative estimate of drug-likeness (QED) is 0.609. The van der Waals surface area contributed by atoms with Gasteiger partial charge in [-0.25, -0.2) is 9.89 Å². The first-order chi connectivity index (χ1) is 8.11. The van der Waals surface area contributed by atoms with Crippen molar-refractivity contribution in [3.8, 4) is 0 Å². The van der Waals surface area contributed by atoms with Gasteiger partial charge in [-0.3, -0.25) is 4.90 Å². The zero-order valence-corrected chi connectivity index (χ0v) is 9.73. The third kappa shape index (κ3) is 2.28. The number of nitrogens with one attached hydrogen (secondary N) is 1. The standard InChI is InChI=1S/C8H10N4O4S/c1-15-11-4-2-5(12(3-4)8(13)14)6-9-10-7(17)16-6/h5H,2-3H2,1H3,(H,10,17)(H,13,14)/t5-/m0/s1. The van der Waals surface area contributed by atoms with Gasteiger partial charge in [-0.15, -0.1) is 5.10 Å². The van der Waals surface area contributed by atoms with Gasteiger partial charge in [0.25, 0.3) is 4.84 Å². The minimum Gasteiger partial charge on any atom is -0.465 e. The predicted octanol–water partition coefficient (Wildman–Crippen LogP) is 1.16. The van der Waals surface area contributed by atoms with Crippen LogP contribution in [0.3, 0.4) is 0 Å². The summed E-state index contributed by atoms with van der Waals surface area (Å²) in [5.74, 6) is 0.235. The van der Waals surface area contributed by atoms with Crippen LogP contribution in [0, 0.1) is 4.84 Å². The molecule has 1 aromatic heterocycles. The van der Waals surface area contributed by atoms with Crippen LogP contribution >= 0.6 is 12.2 Å². The Balaban J connectivity index is 2.28. The number of nitrogens with zero attached hydrogens (tertiary/aromatic N) is 3. The number of H-pyrrole nitrogens is 1. The second-order valence-corrected chi connectivity index (χ2v) is 3.79. The second kappa shape index (κ2) is 4.53. The molecule has 2 N–H and O–H groups in total. The van der Waals surface area contributed by atoms with Gasteiger partial charge in [0.1, 0.15) is 13.2 Å². The van der Waals surface area contributed by atoms with Crippen molar-refractivity contribution in [1.29, 1.82) is 0 Å². The molecule has 0 unspecified atom stereocenters. The van der Waals surface area contributed by atoms with Gasteiger partial charge < -0.3 is 14.4 Å². The van der Waals surface area contributed by atoms with Crippen LogP contribution < -0.4 is 0 Å². The number of amides is 1. The molecular weight excluding hydrogens is 248 g/mol. The van der Waals surface area contributed by atoms with E-state index in [-0.39, 0.29) is 17.3 Å². The van der Waals surface area contributed by atoms with Gasteiger partial charge in [0.15, 0.2) is 0 Å². The highest BCUT2D eigenvalue weighted by atomic mass is 32.1. The van der Waals surface area contributed by atoms with Gasteiger partial charge in [0.2, 0.25) is 5.89 Å². The Bertz CT molecular complexity index is 508. The van der Waals surface area contributed by atoms with Crippen molar-refractivity contribution in [2.24, 2.45) is 5.16 Å². The first-order valence-electron chi connectivity index (χ1n) is 4.75. The third-order valence-corrected chi connectivity index (χ3v) is 2.54. The molecule has 1 saturated heterocycles. The molecule has 0 spiro atoms. The lowest BCUT2D eigenvalue weighted by molar-refractivity contribution is 0.134. The number of hydrogen-bond acceptors (Lipinski definition) is 6. The van der Waals surface area contributed by atoms with Gasteiger partial charge >= 0.3 is 6.09 Å². The summed E-state index contributed by atoms with van der Waals surface area (Å²) in [6.45, 7) is 0.170. The van der Waals surface area contributed by atoms with Crippen molar-refractivity contribution >= 4 is 24.0 Å². The van der Waals surface area contributed by atoms with Gasteiger partial charge in [-0.05, 0) is 12.2 Å². The Morgan fingerprint density at radius 2 is 2.59 bits per heavy atom. The molecule has 0 aromatic carbocycles. The SMILES string of the molecule is CON=C1C[C@@H](c2n[nH]c(=S)o2)N(C(=O)O)C1. The zero-order valence-electron chi connectivity index (χ0n) is 8.91. The van der Waals surface area contributed by atoms with Crippen LogP contribution in [-0.2, 0) is 4.84 Å². The summed E-state index contributed by atoms with van der Waals surface area (Å²) in [7, 11) is 1.41. The lowest BCUT2D eigenvalue weighted by Crippen LogP contribution is -2.29. The third-order valence-electron chi connectivity index (χ3n) is 2.36. The van der Waals surface area contributed by atoms with E-state index < -0.39 is 12.1 Å². The van der Waals surface area contributed by atoms with Crippen LogP contribution in [0.2, 0.25) is 0 Å². The maximum Gasteiger partial charge on any atom is 0.408 e. The summed E-state index contributed by atoms with van der Waals surface area (Å²) in [6.07, 6.45) is -0.691. The normalized spacial score (nSPS) is 22.1. The minimum absolute atomic E-state index is 0.113. The highest BCUT2D eigenvalue weighted by Crippen LogP contribution is 2.29. The van der Waals surface area contributed by atoms with E-state index in [9.17, 15) is 4.79 Å². The van der Waals surface area contributed by atoms with Gasteiger partial charge in [-0.1, -0.05) is 5.16 Å². The zero-order chi connectivity index (χ0) is 12.4. The fourth-order valence-corrected chi connectivity index (χ4v) is 1.84. The molecule has 0 bridgehead atoms. The summed E-state index contributed by atoms with van der Waals surface area (Å²) in [4.78, 5) is 17.0. The topological polar surface area (TPSA) is 104 Å². The maximum absolute atomic E-state index is 11.1. The first kappa shape index (κ1) is 11.6. The average molecular weight is 258 g/mol. The lowest BCUT2D eigenvalue weighted by atomic mass is 10.2. The van der Waals surface area contributed by atoms with E-state index in [1.54, 1.807) is 0 Å². The summed E-state index contributed by atoms with van der Waals surface area (Å²) in [5, 5.41) is 19.1. The molecule has 0 radical (unpaired) electrons. The molecular formula is C8H10N4O4S. The number of likely N-dealkylation sites (tertiary alicyclic amines) is 1. The van der Waals surface area contributed by atoms with E-state index in [1.807, 2.05) is 0 Å². The fourth-order valence-electron chi connectivity index (χ4n) is 1.71. The first-order valence-corrected chi connectivity index (χ1v) is 5.16. The number of aromatic amines is 1. The molecule has 17 heavy (non-hydrogen) atoms. The van der Waals surface area contributed by atoms with Crippen molar-refractivity contribution in [2.75, 3.05) is 13.7 Å². The second-order valence-electron chi connectivity index (χ2n) is 3.42. The number of carboxylic acid groups (broad SMARTS) is 1. The molecule has 8 nitrogen and oxygen atoms in total. The van der Waals surface area contributed by atoms with Crippen LogP contribution in [0.25, 0.3) is 0 Å². The highest BCUT2D eigenvalue weighted by Gasteiger charge is 2.37. The van der Waals surface area contributed by atoms with Crippen molar-refractivity contribution in [2.45, 2.75) is 12.5 Å². The molecule has 1 atom stereocenters. The average Bonchev–Trinajstić information content (AvgIpc) is 2.84. The van der Waals surface area contributed by atoms with E-state index in [1.165, 1.54) is 12.0 Å². The molecule has 1 amide bonds. The minimum atomic E-state index is -1.07. The molecule has 92 valence electrons. The van der Waals surface area contributed by atoms with E-state index in [0.717, 1.165) is 0 Å². The largest absolute Gasteiger partial charge is 0.465 e. The van der Waals surface area contributed by atoms with Crippen molar-refractivity contribution in [3.05, 3.63) is 10.7 Å². The molecule has 2 rings (SSSR count). The number of oxime groups is 1. The van der Waals surface area contributed by atoms with Crippen LogP contribution in [0.1, 0.15) is 18.4 Å². The van der Waals surface area contributed by atoms with Crippen LogP contribution in [0.15, 0.2) is 9.57 Å². The summed E-state index contributed by atoms with van der Waals surface area (Å²) < 4.78 is 5.12. The summed E-state index contributed by atoms with van der Waals surface area (Å²) in [5.41, 5.74) is 0.615. The van der Waals surface area contributed by atoms with Crippen LogP contribution in [0.4, 0.5) is 4.79 Å². The Hall–Kier alpha value is -1.90. The molecule has 1 fully saturated rings. The smallest absolute Gasteiger partial charge is 0.408 e. The van der Waals surface area contributed by atoms with Gasteiger partial charge in [-0.2, -0.15) is 0 Å². The van der Waals surface area contributed by atoms with Crippen molar-refractivity contribution < 1.29 is 19.2 Å². The van der Waals surface area contributed by atoms with Gasteiger partial charge in [0, 0.05) is 6.42 Å². The summed E-state index contributed by atoms with van der Waals surface area (Å²) in [6, 6.07) is -0.519. The van der Waals surface area contributed by atoms with E-state index in [2.05, 4.69) is 20.2 Å². The molecule has 0 saturated carbocycles. The van der Waals surface area contributed by atoms with E-state index >= 15 is 0 Å². The Morgan fingerprint density at radius 3 is 3.12 bits per heavy atom. The number of carbonyl (C=O) groups is 1. The number of aromatic nitrogens is 2. The predicted molar refractivity (Wildman–Crippen MR) is 58.2 cm³/mol. The molecule has 0 aliphatic carbocycles. The van der Waals surface area contributed by atoms with Crippen molar-refractivity contribution in [3.63, 3.8) is 0 Å². The van der Waals surface area contributed by atoms with Crippen molar-refractivity contribution in [1.82, 2.24) is 15.1 Å². The van der Waals surface area contributed by atoms with E-state index in [0.29, 0.717) is 12.1 Å². The molecule has 9 heteroatoms. The maximum atomic E-state index is 11.1. The fraction of sp³-hybridized carbons (Fsp3) is 0.500. The number of hydrogen-bond donors (Lipinski definition) is 2. The van der Waals surface area contributed by atoms with E-state index in [4.69, 9.17) is 21.7 Å². The van der Waals surface area contributed by atoms with Crippen LogP contribution in [0.5, 0.6) is 0 Å². The summed E-state index contributed by atoms with van der Waals surface area (Å²) >= 11 is 4.75. The molecule has 1 aliphatic heterocycles.